The number of hydrogen-bond donors (Lipinski definition) is 1. The van der Waals surface area contributed by atoms with Crippen molar-refractivity contribution in [3.8, 4) is 5.75 Å². The van der Waals surface area contributed by atoms with Crippen LogP contribution in [0.5, 0.6) is 5.75 Å². The summed E-state index contributed by atoms with van der Waals surface area (Å²) in [5, 5.41) is 8.02. The lowest BCUT2D eigenvalue weighted by Gasteiger charge is -2.17. The van der Waals surface area contributed by atoms with Gasteiger partial charge in [0.15, 0.2) is 0 Å². The first-order valence-electron chi connectivity index (χ1n) is 7.52. The minimum absolute atomic E-state index is 0.208. The Morgan fingerprint density at radius 2 is 2.10 bits per heavy atom. The number of benzene rings is 1. The van der Waals surface area contributed by atoms with Crippen LogP contribution >= 0.6 is 0 Å². The maximum absolute atomic E-state index is 5.68. The van der Waals surface area contributed by atoms with E-state index in [0.717, 1.165) is 30.2 Å². The van der Waals surface area contributed by atoms with Gasteiger partial charge in [0.05, 0.1) is 18.3 Å². The molecule has 0 aliphatic rings. The van der Waals surface area contributed by atoms with Crippen LogP contribution in [0.25, 0.3) is 0 Å². The summed E-state index contributed by atoms with van der Waals surface area (Å²) in [5.74, 6) is 0.911. The van der Waals surface area contributed by atoms with Gasteiger partial charge in [-0.15, -0.1) is 0 Å². The summed E-state index contributed by atoms with van der Waals surface area (Å²) in [6, 6.07) is 8.33. The van der Waals surface area contributed by atoms with Crippen molar-refractivity contribution >= 4 is 5.69 Å². The smallest absolute Gasteiger partial charge is 0.121 e. The first kappa shape index (κ1) is 15.4. The lowest BCUT2D eigenvalue weighted by atomic mass is 10.1. The molecule has 0 aliphatic carbocycles. The molecule has 0 bridgehead atoms. The highest BCUT2D eigenvalue weighted by Crippen LogP contribution is 2.26. The average Bonchev–Trinajstić information content (AvgIpc) is 2.70. The van der Waals surface area contributed by atoms with Gasteiger partial charge in [-0.2, -0.15) is 5.10 Å². The molecule has 0 saturated carbocycles. The van der Waals surface area contributed by atoms with Crippen LogP contribution in [0.3, 0.4) is 0 Å². The lowest BCUT2D eigenvalue weighted by Crippen LogP contribution is -2.09. The van der Waals surface area contributed by atoms with Gasteiger partial charge in [0.25, 0.3) is 0 Å². The molecule has 0 fully saturated rings. The number of hydrogen-bond acceptors (Lipinski definition) is 3. The lowest BCUT2D eigenvalue weighted by molar-refractivity contribution is 0.317. The van der Waals surface area contributed by atoms with E-state index in [2.05, 4.69) is 44.2 Å². The summed E-state index contributed by atoms with van der Waals surface area (Å²) in [6.07, 6.45) is 1.02. The molecular weight excluding hydrogens is 262 g/mol. The van der Waals surface area contributed by atoms with Gasteiger partial charge in [-0.1, -0.05) is 13.0 Å². The Kier molecular flexibility index (Phi) is 4.89. The van der Waals surface area contributed by atoms with E-state index in [1.807, 2.05) is 29.9 Å². The standard InChI is InChI=1S/C17H25N3O/c1-6-10-21-16-9-7-8-15(11-16)18-12(2)17-13(3)19-20(5)14(17)4/h7-9,11-12,18H,6,10H2,1-5H3. The van der Waals surface area contributed by atoms with E-state index in [1.54, 1.807) is 0 Å². The minimum Gasteiger partial charge on any atom is -0.494 e. The molecule has 4 heteroatoms. The Bertz CT molecular complexity index is 604. The molecule has 1 unspecified atom stereocenters. The van der Waals surface area contributed by atoms with Crippen LogP contribution in [0.4, 0.5) is 5.69 Å². The molecule has 0 aliphatic heterocycles. The third kappa shape index (κ3) is 3.57. The summed E-state index contributed by atoms with van der Waals surface area (Å²) in [5.41, 5.74) is 4.61. The van der Waals surface area contributed by atoms with Crippen LogP contribution in [0.2, 0.25) is 0 Å². The topological polar surface area (TPSA) is 39.1 Å². The Hall–Kier alpha value is -1.97. The Labute approximate surface area is 127 Å². The largest absolute Gasteiger partial charge is 0.494 e. The second-order valence-corrected chi connectivity index (χ2v) is 5.45. The summed E-state index contributed by atoms with van der Waals surface area (Å²) < 4.78 is 7.61. The van der Waals surface area contributed by atoms with Gasteiger partial charge in [-0.05, 0) is 39.3 Å². The zero-order valence-electron chi connectivity index (χ0n) is 13.6. The fourth-order valence-electron chi connectivity index (χ4n) is 2.63. The highest BCUT2D eigenvalue weighted by atomic mass is 16.5. The number of aryl methyl sites for hydroxylation is 2. The maximum atomic E-state index is 5.68. The van der Waals surface area contributed by atoms with Crippen LogP contribution in [0.1, 0.15) is 43.3 Å². The number of rotatable bonds is 6. The molecule has 1 aromatic heterocycles. The summed E-state index contributed by atoms with van der Waals surface area (Å²) in [6.45, 7) is 9.18. The highest BCUT2D eigenvalue weighted by Gasteiger charge is 2.16. The van der Waals surface area contributed by atoms with Crippen molar-refractivity contribution in [1.29, 1.82) is 0 Å². The van der Waals surface area contributed by atoms with E-state index < -0.39 is 0 Å². The molecule has 2 aromatic rings. The van der Waals surface area contributed by atoms with Gasteiger partial charge < -0.3 is 10.1 Å². The minimum atomic E-state index is 0.208. The molecule has 0 saturated heterocycles. The maximum Gasteiger partial charge on any atom is 0.121 e. The monoisotopic (exact) mass is 287 g/mol. The van der Waals surface area contributed by atoms with Crippen molar-refractivity contribution < 1.29 is 4.74 Å². The van der Waals surface area contributed by atoms with E-state index in [-0.39, 0.29) is 6.04 Å². The van der Waals surface area contributed by atoms with Crippen LogP contribution < -0.4 is 10.1 Å². The third-order valence-corrected chi connectivity index (χ3v) is 3.69. The number of nitrogens with zero attached hydrogens (tertiary/aromatic N) is 2. The van der Waals surface area contributed by atoms with Gasteiger partial charge in [0.2, 0.25) is 0 Å². The predicted molar refractivity (Wildman–Crippen MR) is 86.9 cm³/mol. The molecule has 0 radical (unpaired) electrons. The van der Waals surface area contributed by atoms with E-state index >= 15 is 0 Å². The molecule has 1 aromatic carbocycles. The fourth-order valence-corrected chi connectivity index (χ4v) is 2.63. The van der Waals surface area contributed by atoms with Gasteiger partial charge in [0.1, 0.15) is 5.75 Å². The van der Waals surface area contributed by atoms with Crippen molar-refractivity contribution in [3.63, 3.8) is 0 Å². The van der Waals surface area contributed by atoms with Crippen molar-refractivity contribution in [2.75, 3.05) is 11.9 Å². The number of nitrogens with one attached hydrogen (secondary N) is 1. The predicted octanol–water partition coefficient (Wildman–Crippen LogP) is 4.00. The first-order chi connectivity index (χ1) is 10.0. The van der Waals surface area contributed by atoms with Crippen LogP contribution in [0, 0.1) is 13.8 Å². The van der Waals surface area contributed by atoms with E-state index in [9.17, 15) is 0 Å². The molecule has 0 spiro atoms. The average molecular weight is 287 g/mol. The van der Waals surface area contributed by atoms with Crippen molar-refractivity contribution in [1.82, 2.24) is 9.78 Å². The molecule has 114 valence electrons. The molecule has 1 atom stereocenters. The number of ether oxygens (including phenoxy) is 1. The summed E-state index contributed by atoms with van der Waals surface area (Å²) in [7, 11) is 1.98. The zero-order chi connectivity index (χ0) is 15.4. The molecular formula is C17H25N3O. The van der Waals surface area contributed by atoms with Crippen molar-refractivity contribution in [3.05, 3.63) is 41.2 Å². The molecule has 1 heterocycles. The van der Waals surface area contributed by atoms with E-state index in [4.69, 9.17) is 4.74 Å². The highest BCUT2D eigenvalue weighted by molar-refractivity contribution is 5.50. The number of aromatic nitrogens is 2. The fraction of sp³-hybridized carbons (Fsp3) is 0.471. The quantitative estimate of drug-likeness (QED) is 0.873. The van der Waals surface area contributed by atoms with Crippen molar-refractivity contribution in [2.45, 2.75) is 40.2 Å². The zero-order valence-corrected chi connectivity index (χ0v) is 13.6. The Morgan fingerprint density at radius 3 is 2.71 bits per heavy atom. The molecule has 1 N–H and O–H groups in total. The number of anilines is 1. The second kappa shape index (κ2) is 6.66. The normalized spacial score (nSPS) is 12.2. The van der Waals surface area contributed by atoms with Gasteiger partial charge in [-0.25, -0.2) is 0 Å². The third-order valence-electron chi connectivity index (χ3n) is 3.69. The second-order valence-electron chi connectivity index (χ2n) is 5.45. The molecule has 21 heavy (non-hydrogen) atoms. The Morgan fingerprint density at radius 1 is 1.33 bits per heavy atom. The first-order valence-corrected chi connectivity index (χ1v) is 7.52. The SMILES string of the molecule is CCCOc1cccc(NC(C)c2c(C)nn(C)c2C)c1. The van der Waals surface area contributed by atoms with E-state index in [0.29, 0.717) is 0 Å². The van der Waals surface area contributed by atoms with Gasteiger partial charge >= 0.3 is 0 Å². The van der Waals surface area contributed by atoms with Crippen molar-refractivity contribution in [2.24, 2.45) is 7.05 Å². The summed E-state index contributed by atoms with van der Waals surface area (Å²) in [4.78, 5) is 0. The molecule has 2 rings (SSSR count). The molecule has 4 nitrogen and oxygen atoms in total. The molecule has 0 amide bonds. The summed E-state index contributed by atoms with van der Waals surface area (Å²) >= 11 is 0. The van der Waals surface area contributed by atoms with Crippen LogP contribution in [0.15, 0.2) is 24.3 Å². The van der Waals surface area contributed by atoms with E-state index in [1.165, 1.54) is 11.3 Å². The van der Waals surface area contributed by atoms with Gasteiger partial charge in [0, 0.05) is 30.1 Å². The van der Waals surface area contributed by atoms with Crippen LogP contribution in [-0.2, 0) is 7.05 Å². The van der Waals surface area contributed by atoms with Crippen LogP contribution in [-0.4, -0.2) is 16.4 Å². The van der Waals surface area contributed by atoms with Gasteiger partial charge in [-0.3, -0.25) is 4.68 Å². The Balaban J connectivity index is 2.13.